The van der Waals surface area contributed by atoms with Crippen molar-refractivity contribution in [2.24, 2.45) is 5.41 Å². The van der Waals surface area contributed by atoms with Crippen molar-refractivity contribution in [1.29, 1.82) is 0 Å². The van der Waals surface area contributed by atoms with Crippen molar-refractivity contribution in [2.45, 2.75) is 46.1 Å². The van der Waals surface area contributed by atoms with Crippen LogP contribution in [0.4, 0.5) is 5.69 Å². The predicted octanol–water partition coefficient (Wildman–Crippen LogP) is 3.68. The van der Waals surface area contributed by atoms with Gasteiger partial charge in [-0.2, -0.15) is 0 Å². The third-order valence-electron chi connectivity index (χ3n) is 4.08. The number of rotatable bonds is 3. The van der Waals surface area contributed by atoms with Crippen LogP contribution in [0.3, 0.4) is 0 Å². The molecule has 0 saturated heterocycles. The van der Waals surface area contributed by atoms with Gasteiger partial charge in [0.1, 0.15) is 0 Å². The molecule has 98 valence electrons. The summed E-state index contributed by atoms with van der Waals surface area (Å²) in [7, 11) is 0. The highest BCUT2D eigenvalue weighted by Gasteiger charge is 2.35. The van der Waals surface area contributed by atoms with Gasteiger partial charge in [-0.1, -0.05) is 32.4 Å². The summed E-state index contributed by atoms with van der Waals surface area (Å²) in [4.78, 5) is 11.3. The highest BCUT2D eigenvalue weighted by Crippen LogP contribution is 2.39. The van der Waals surface area contributed by atoms with Crippen molar-refractivity contribution in [3.8, 4) is 0 Å². The monoisotopic (exact) mass is 247 g/mol. The van der Waals surface area contributed by atoms with E-state index in [1.54, 1.807) is 12.1 Å². The number of carboxylic acid groups (broad SMARTS) is 1. The van der Waals surface area contributed by atoms with Crippen LogP contribution in [-0.4, -0.2) is 17.1 Å². The van der Waals surface area contributed by atoms with E-state index in [0.717, 1.165) is 17.7 Å². The Morgan fingerprint density at radius 3 is 2.72 bits per heavy atom. The SMILES string of the molecule is Cc1cccc(C(=O)O)c1NC1CCCC1(C)C. The lowest BCUT2D eigenvalue weighted by molar-refractivity contribution is 0.0697. The van der Waals surface area contributed by atoms with Crippen molar-refractivity contribution in [2.75, 3.05) is 5.32 Å². The number of aromatic carboxylic acids is 1. The fourth-order valence-corrected chi connectivity index (χ4v) is 2.81. The van der Waals surface area contributed by atoms with Crippen molar-refractivity contribution < 1.29 is 9.90 Å². The first-order chi connectivity index (χ1) is 8.42. The summed E-state index contributed by atoms with van der Waals surface area (Å²) in [6.45, 7) is 6.45. The van der Waals surface area contributed by atoms with Crippen LogP contribution in [-0.2, 0) is 0 Å². The number of anilines is 1. The van der Waals surface area contributed by atoms with Crippen LogP contribution in [0.15, 0.2) is 18.2 Å². The first-order valence-electron chi connectivity index (χ1n) is 6.51. The van der Waals surface area contributed by atoms with Gasteiger partial charge in [0.25, 0.3) is 0 Å². The smallest absolute Gasteiger partial charge is 0.337 e. The lowest BCUT2D eigenvalue weighted by Crippen LogP contribution is -2.31. The second kappa shape index (κ2) is 4.63. The van der Waals surface area contributed by atoms with Crippen LogP contribution in [0.5, 0.6) is 0 Å². The van der Waals surface area contributed by atoms with Crippen LogP contribution in [0.1, 0.15) is 49.0 Å². The summed E-state index contributed by atoms with van der Waals surface area (Å²) in [6, 6.07) is 5.77. The number of nitrogens with one attached hydrogen (secondary N) is 1. The van der Waals surface area contributed by atoms with Crippen molar-refractivity contribution in [3.63, 3.8) is 0 Å². The van der Waals surface area contributed by atoms with Crippen molar-refractivity contribution in [1.82, 2.24) is 0 Å². The molecule has 0 bridgehead atoms. The molecule has 1 unspecified atom stereocenters. The van der Waals surface area contributed by atoms with Gasteiger partial charge in [0.05, 0.1) is 11.3 Å². The Balaban J connectivity index is 2.31. The van der Waals surface area contributed by atoms with Crippen molar-refractivity contribution in [3.05, 3.63) is 29.3 Å². The van der Waals surface area contributed by atoms with Crippen LogP contribution in [0.25, 0.3) is 0 Å². The summed E-state index contributed by atoms with van der Waals surface area (Å²) in [6.07, 6.45) is 3.51. The maximum atomic E-state index is 11.3. The van der Waals surface area contributed by atoms with Gasteiger partial charge < -0.3 is 10.4 Å². The van der Waals surface area contributed by atoms with Crippen LogP contribution in [0, 0.1) is 12.3 Å². The number of carbonyl (C=O) groups is 1. The van der Waals surface area contributed by atoms with Gasteiger partial charge in [0.2, 0.25) is 0 Å². The van der Waals surface area contributed by atoms with Gasteiger partial charge in [0, 0.05) is 6.04 Å². The molecule has 18 heavy (non-hydrogen) atoms. The van der Waals surface area contributed by atoms with E-state index in [2.05, 4.69) is 19.2 Å². The zero-order chi connectivity index (χ0) is 13.3. The molecule has 0 radical (unpaired) electrons. The van der Waals surface area contributed by atoms with E-state index < -0.39 is 5.97 Å². The summed E-state index contributed by atoms with van der Waals surface area (Å²) < 4.78 is 0. The lowest BCUT2D eigenvalue weighted by atomic mass is 9.87. The Labute approximate surface area is 108 Å². The molecule has 1 fully saturated rings. The minimum Gasteiger partial charge on any atom is -0.478 e. The number of hydrogen-bond donors (Lipinski definition) is 2. The Morgan fingerprint density at radius 1 is 1.44 bits per heavy atom. The summed E-state index contributed by atoms with van der Waals surface area (Å²) in [5.41, 5.74) is 2.39. The maximum Gasteiger partial charge on any atom is 0.337 e. The molecule has 0 heterocycles. The Morgan fingerprint density at radius 2 is 2.17 bits per heavy atom. The lowest BCUT2D eigenvalue weighted by Gasteiger charge is -2.30. The molecule has 0 aromatic heterocycles. The quantitative estimate of drug-likeness (QED) is 0.856. The molecule has 3 heteroatoms. The molecule has 3 nitrogen and oxygen atoms in total. The van der Waals surface area contributed by atoms with E-state index in [4.69, 9.17) is 0 Å². The van der Waals surface area contributed by atoms with Gasteiger partial charge in [-0.05, 0) is 36.8 Å². The van der Waals surface area contributed by atoms with Crippen LogP contribution in [0.2, 0.25) is 0 Å². The first-order valence-corrected chi connectivity index (χ1v) is 6.51. The first kappa shape index (κ1) is 12.9. The number of para-hydroxylation sites is 1. The molecular formula is C15H21NO2. The molecule has 1 atom stereocenters. The zero-order valence-corrected chi connectivity index (χ0v) is 11.3. The molecule has 1 aromatic carbocycles. The zero-order valence-electron chi connectivity index (χ0n) is 11.3. The van der Waals surface area contributed by atoms with E-state index in [9.17, 15) is 9.90 Å². The molecule has 2 rings (SSSR count). The predicted molar refractivity (Wildman–Crippen MR) is 73.2 cm³/mol. The highest BCUT2D eigenvalue weighted by atomic mass is 16.4. The second-order valence-corrected chi connectivity index (χ2v) is 5.88. The van der Waals surface area contributed by atoms with E-state index in [1.165, 1.54) is 12.8 Å². The normalized spacial score (nSPS) is 21.8. The van der Waals surface area contributed by atoms with E-state index in [0.29, 0.717) is 11.6 Å². The van der Waals surface area contributed by atoms with Crippen LogP contribution >= 0.6 is 0 Å². The molecule has 1 aromatic rings. The second-order valence-electron chi connectivity index (χ2n) is 5.88. The van der Waals surface area contributed by atoms with E-state index in [-0.39, 0.29) is 5.41 Å². The minimum absolute atomic E-state index is 0.234. The molecule has 0 spiro atoms. The summed E-state index contributed by atoms with van der Waals surface area (Å²) in [5.74, 6) is -0.864. The van der Waals surface area contributed by atoms with Gasteiger partial charge in [-0.3, -0.25) is 0 Å². The summed E-state index contributed by atoms with van der Waals surface area (Å²) >= 11 is 0. The topological polar surface area (TPSA) is 49.3 Å². The maximum absolute atomic E-state index is 11.3. The fourth-order valence-electron chi connectivity index (χ4n) is 2.81. The van der Waals surface area contributed by atoms with Gasteiger partial charge in [-0.25, -0.2) is 4.79 Å². The van der Waals surface area contributed by atoms with Crippen LogP contribution < -0.4 is 5.32 Å². The Kier molecular flexibility index (Phi) is 3.33. The molecule has 1 saturated carbocycles. The molecular weight excluding hydrogens is 226 g/mol. The van der Waals surface area contributed by atoms with Gasteiger partial charge >= 0.3 is 5.97 Å². The average Bonchev–Trinajstić information content (AvgIpc) is 2.60. The molecule has 0 aliphatic heterocycles. The molecule has 1 aliphatic rings. The third kappa shape index (κ3) is 2.35. The Bertz CT molecular complexity index is 466. The summed E-state index contributed by atoms with van der Waals surface area (Å²) in [5, 5.41) is 12.7. The standard InChI is InChI=1S/C15H21NO2/c1-10-6-4-7-11(14(17)18)13(10)16-12-8-5-9-15(12,2)3/h4,6-7,12,16H,5,8-9H2,1-3H3,(H,17,18). The third-order valence-corrected chi connectivity index (χ3v) is 4.08. The largest absolute Gasteiger partial charge is 0.478 e. The molecule has 2 N–H and O–H groups in total. The van der Waals surface area contributed by atoms with Crippen molar-refractivity contribution >= 4 is 11.7 Å². The van der Waals surface area contributed by atoms with E-state index >= 15 is 0 Å². The Hall–Kier alpha value is -1.51. The number of hydrogen-bond acceptors (Lipinski definition) is 2. The highest BCUT2D eigenvalue weighted by molar-refractivity contribution is 5.95. The average molecular weight is 247 g/mol. The molecule has 1 aliphatic carbocycles. The number of carboxylic acids is 1. The minimum atomic E-state index is -0.864. The number of benzene rings is 1. The number of aryl methyl sites for hydroxylation is 1. The van der Waals surface area contributed by atoms with Gasteiger partial charge in [-0.15, -0.1) is 0 Å². The van der Waals surface area contributed by atoms with Gasteiger partial charge in [0.15, 0.2) is 0 Å². The fraction of sp³-hybridized carbons (Fsp3) is 0.533. The van der Waals surface area contributed by atoms with E-state index in [1.807, 2.05) is 13.0 Å². The molecule has 0 amide bonds.